The average Bonchev–Trinajstić information content (AvgIpc) is 3.00. The molecule has 6 heteroatoms. The first-order chi connectivity index (χ1) is 11.2. The van der Waals surface area contributed by atoms with Crippen molar-refractivity contribution in [2.45, 2.75) is 25.6 Å². The van der Waals surface area contributed by atoms with Crippen LogP contribution in [0.25, 0.3) is 0 Å². The Morgan fingerprint density at radius 1 is 1.22 bits per heavy atom. The number of nitrogens with one attached hydrogen (secondary N) is 2. The van der Waals surface area contributed by atoms with Crippen molar-refractivity contribution < 1.29 is 23.9 Å². The molecule has 0 aliphatic carbocycles. The lowest BCUT2D eigenvalue weighted by Crippen LogP contribution is -3.14. The molecule has 0 saturated carbocycles. The number of hydrogen-bond acceptors (Lipinski definition) is 4. The minimum atomic E-state index is -0.366. The van der Waals surface area contributed by atoms with E-state index in [0.717, 1.165) is 37.4 Å². The molecule has 6 nitrogen and oxygen atoms in total. The molecule has 2 aliphatic heterocycles. The molecule has 2 N–H and O–H groups in total. The van der Waals surface area contributed by atoms with Crippen LogP contribution in [0.1, 0.15) is 19.8 Å². The van der Waals surface area contributed by atoms with Gasteiger partial charge < -0.3 is 24.4 Å². The zero-order valence-corrected chi connectivity index (χ0v) is 13.6. The van der Waals surface area contributed by atoms with E-state index in [1.807, 2.05) is 31.2 Å². The lowest BCUT2D eigenvalue weighted by molar-refractivity contribution is -0.900. The molecule has 0 aromatic heterocycles. The quantitative estimate of drug-likeness (QED) is 0.826. The van der Waals surface area contributed by atoms with Gasteiger partial charge in [0.25, 0.3) is 5.91 Å². The van der Waals surface area contributed by atoms with Gasteiger partial charge in [-0.1, -0.05) is 0 Å². The third-order valence-corrected chi connectivity index (χ3v) is 4.39. The van der Waals surface area contributed by atoms with Gasteiger partial charge in [-0.3, -0.25) is 4.79 Å². The van der Waals surface area contributed by atoms with Crippen LogP contribution in [0.15, 0.2) is 24.3 Å². The highest BCUT2D eigenvalue weighted by Gasteiger charge is 2.41. The minimum absolute atomic E-state index is 0.0355. The largest absolute Gasteiger partial charge is 0.494 e. The molecule has 1 aromatic carbocycles. The van der Waals surface area contributed by atoms with Crippen molar-refractivity contribution in [1.82, 2.24) is 0 Å². The Bertz CT molecular complexity index is 516. The molecule has 2 heterocycles. The Kier molecular flexibility index (Phi) is 5.15. The van der Waals surface area contributed by atoms with Crippen LogP contribution in [-0.4, -0.2) is 51.1 Å². The molecule has 0 unspecified atom stereocenters. The maximum Gasteiger partial charge on any atom is 0.279 e. The molecule has 1 spiro atoms. The number of carbonyl (C=O) groups excluding carboxylic acids is 1. The summed E-state index contributed by atoms with van der Waals surface area (Å²) >= 11 is 0. The smallest absolute Gasteiger partial charge is 0.279 e. The third-order valence-electron chi connectivity index (χ3n) is 4.39. The Morgan fingerprint density at radius 2 is 1.87 bits per heavy atom. The Morgan fingerprint density at radius 3 is 2.48 bits per heavy atom. The topological polar surface area (TPSA) is 61.2 Å². The molecule has 1 amide bonds. The fraction of sp³-hybridized carbons (Fsp3) is 0.588. The first kappa shape index (κ1) is 16.2. The van der Waals surface area contributed by atoms with Gasteiger partial charge in [0.05, 0.1) is 45.8 Å². The molecule has 2 fully saturated rings. The van der Waals surface area contributed by atoms with E-state index in [-0.39, 0.29) is 11.7 Å². The van der Waals surface area contributed by atoms with Gasteiger partial charge >= 0.3 is 0 Å². The molecule has 3 rings (SSSR count). The number of likely N-dealkylation sites (tertiary alicyclic amines) is 1. The minimum Gasteiger partial charge on any atom is -0.494 e. The summed E-state index contributed by atoms with van der Waals surface area (Å²) in [5.41, 5.74) is 0.800. The molecule has 2 saturated heterocycles. The summed E-state index contributed by atoms with van der Waals surface area (Å²) in [7, 11) is 0. The monoisotopic (exact) mass is 321 g/mol. The maximum atomic E-state index is 12.2. The van der Waals surface area contributed by atoms with Gasteiger partial charge in [0, 0.05) is 5.69 Å². The average molecular weight is 321 g/mol. The van der Waals surface area contributed by atoms with E-state index < -0.39 is 0 Å². The summed E-state index contributed by atoms with van der Waals surface area (Å²) in [5.74, 6) is 0.483. The summed E-state index contributed by atoms with van der Waals surface area (Å²) < 4.78 is 16.8. The van der Waals surface area contributed by atoms with Gasteiger partial charge in [0.15, 0.2) is 12.3 Å². The summed E-state index contributed by atoms with van der Waals surface area (Å²) in [6.45, 7) is 6.24. The molecule has 0 atom stereocenters. The second kappa shape index (κ2) is 7.29. The van der Waals surface area contributed by atoms with Gasteiger partial charge in [-0.05, 0) is 31.2 Å². The molecule has 0 bridgehead atoms. The summed E-state index contributed by atoms with van der Waals surface area (Å²) in [6, 6.07) is 7.46. The summed E-state index contributed by atoms with van der Waals surface area (Å²) in [6.07, 6.45) is 1.72. The van der Waals surface area contributed by atoms with Crippen LogP contribution in [0.2, 0.25) is 0 Å². The molecule has 1 aromatic rings. The van der Waals surface area contributed by atoms with Crippen LogP contribution in [0.4, 0.5) is 5.69 Å². The number of rotatable bonds is 5. The highest BCUT2D eigenvalue weighted by atomic mass is 16.7. The van der Waals surface area contributed by atoms with Crippen LogP contribution in [0, 0.1) is 0 Å². The SMILES string of the molecule is CCOc1ccc(NC(=O)C[NH+]2CCC3(CC2)OCCO3)cc1. The summed E-state index contributed by atoms with van der Waals surface area (Å²) in [4.78, 5) is 13.5. The van der Waals surface area contributed by atoms with Crippen molar-refractivity contribution in [2.24, 2.45) is 0 Å². The standard InChI is InChI=1S/C17H24N2O4/c1-2-21-15-5-3-14(4-6-15)18-16(20)13-19-9-7-17(8-10-19)22-11-12-23-17/h3-6H,2,7-13H2,1H3,(H,18,20)/p+1. The third kappa shape index (κ3) is 4.22. The highest BCUT2D eigenvalue weighted by Crippen LogP contribution is 2.27. The number of benzene rings is 1. The van der Waals surface area contributed by atoms with E-state index in [4.69, 9.17) is 14.2 Å². The lowest BCUT2D eigenvalue weighted by Gasteiger charge is -2.34. The number of quaternary nitrogens is 1. The Labute approximate surface area is 136 Å². The molecule has 126 valence electrons. The predicted molar refractivity (Wildman–Crippen MR) is 85.7 cm³/mol. The van der Waals surface area contributed by atoms with E-state index >= 15 is 0 Å². The zero-order valence-electron chi connectivity index (χ0n) is 13.6. The van der Waals surface area contributed by atoms with Crippen molar-refractivity contribution in [2.75, 3.05) is 44.8 Å². The summed E-state index contributed by atoms with van der Waals surface area (Å²) in [5, 5.41) is 2.94. The fourth-order valence-corrected chi connectivity index (χ4v) is 3.18. The fourth-order valence-electron chi connectivity index (χ4n) is 3.18. The van der Waals surface area contributed by atoms with E-state index in [9.17, 15) is 4.79 Å². The second-order valence-corrected chi connectivity index (χ2v) is 6.04. The van der Waals surface area contributed by atoms with Crippen molar-refractivity contribution >= 4 is 11.6 Å². The van der Waals surface area contributed by atoms with E-state index in [1.54, 1.807) is 0 Å². The van der Waals surface area contributed by atoms with Crippen molar-refractivity contribution in [3.8, 4) is 5.75 Å². The molecular weight excluding hydrogens is 296 g/mol. The normalized spacial score (nSPS) is 20.6. The number of carbonyl (C=O) groups is 1. The number of anilines is 1. The van der Waals surface area contributed by atoms with Crippen LogP contribution >= 0.6 is 0 Å². The van der Waals surface area contributed by atoms with Crippen LogP contribution < -0.4 is 15.0 Å². The van der Waals surface area contributed by atoms with Crippen molar-refractivity contribution in [3.63, 3.8) is 0 Å². The predicted octanol–water partition coefficient (Wildman–Crippen LogP) is 0.446. The number of amides is 1. The van der Waals surface area contributed by atoms with Crippen molar-refractivity contribution in [3.05, 3.63) is 24.3 Å². The molecule has 2 aliphatic rings. The van der Waals surface area contributed by atoms with Gasteiger partial charge in [0.1, 0.15) is 5.75 Å². The first-order valence-electron chi connectivity index (χ1n) is 8.33. The number of ether oxygens (including phenoxy) is 3. The van der Waals surface area contributed by atoms with Crippen LogP contribution in [0.5, 0.6) is 5.75 Å². The Hall–Kier alpha value is -1.63. The molecule has 23 heavy (non-hydrogen) atoms. The maximum absolute atomic E-state index is 12.2. The van der Waals surface area contributed by atoms with Crippen LogP contribution in [-0.2, 0) is 14.3 Å². The lowest BCUT2D eigenvalue weighted by atomic mass is 10.0. The van der Waals surface area contributed by atoms with E-state index in [0.29, 0.717) is 26.4 Å². The van der Waals surface area contributed by atoms with Gasteiger partial charge in [-0.25, -0.2) is 0 Å². The van der Waals surface area contributed by atoms with E-state index in [1.165, 1.54) is 4.90 Å². The molecular formula is C17H25N2O4+. The van der Waals surface area contributed by atoms with Gasteiger partial charge in [-0.15, -0.1) is 0 Å². The Balaban J connectivity index is 1.44. The van der Waals surface area contributed by atoms with Gasteiger partial charge in [0.2, 0.25) is 0 Å². The molecule has 0 radical (unpaired) electrons. The number of piperidine rings is 1. The highest BCUT2D eigenvalue weighted by molar-refractivity contribution is 5.91. The van der Waals surface area contributed by atoms with Gasteiger partial charge in [-0.2, -0.15) is 0 Å². The zero-order chi connectivity index (χ0) is 16.1. The number of hydrogen-bond donors (Lipinski definition) is 2. The van der Waals surface area contributed by atoms with Crippen LogP contribution in [0.3, 0.4) is 0 Å². The second-order valence-electron chi connectivity index (χ2n) is 6.04. The van der Waals surface area contributed by atoms with E-state index in [2.05, 4.69) is 5.32 Å². The van der Waals surface area contributed by atoms with Crippen molar-refractivity contribution in [1.29, 1.82) is 0 Å². The first-order valence-corrected chi connectivity index (χ1v) is 8.33.